The Balaban J connectivity index is 5.41. The average molecular weight is 2410 g/mol. The van der Waals surface area contributed by atoms with Crippen LogP contribution >= 0.6 is 58.6 Å². The zero-order chi connectivity index (χ0) is 116. The van der Waals surface area contributed by atoms with Crippen LogP contribution in [0.3, 0.4) is 0 Å². The highest BCUT2D eigenvalue weighted by Gasteiger charge is 3.05. The zero-order valence-corrected chi connectivity index (χ0v) is 65.0. The van der Waals surface area contributed by atoms with Crippen LogP contribution in [0.2, 0.25) is 0 Å². The summed E-state index contributed by atoms with van der Waals surface area (Å²) in [5.41, 5.74) is -12.5. The number of aliphatic hydroxyl groups is 1. The lowest BCUT2D eigenvalue weighted by Crippen LogP contribution is -2.76. The quantitative estimate of drug-likeness (QED) is 0.0483. The summed E-state index contributed by atoms with van der Waals surface area (Å²) in [4.78, 5) is 0. The Hall–Kier alpha value is -4.27. The third kappa shape index (κ3) is 17.5. The van der Waals surface area contributed by atoms with Crippen LogP contribution in [0.1, 0.15) is 0 Å². The predicted molar refractivity (Wildman–Crippen MR) is 283 cm³/mol. The molecule has 91 heteroatoms. The van der Waals surface area contributed by atoms with Gasteiger partial charge in [-0.1, -0.05) is 47.0 Å². The fourth-order valence-electron chi connectivity index (χ4n) is 9.30. The molecule has 1 saturated heterocycles. The molecule has 0 spiro atoms. The van der Waals surface area contributed by atoms with Crippen molar-refractivity contribution in [2.45, 2.75) is 247 Å². The average Bonchev–Trinajstić information content (AvgIpc) is 0.692. The van der Waals surface area contributed by atoms with Crippen molar-refractivity contribution in [2.75, 3.05) is 35.5 Å². The lowest BCUT2D eigenvalue weighted by Gasteiger charge is -2.55. The summed E-state index contributed by atoms with van der Waals surface area (Å²) in [5, 5.41) is -25.3. The summed E-state index contributed by atoms with van der Waals surface area (Å²) >= 11 is -11.8. The standard InChI is InChI=1S/C50H15ClF84O2S4/c51-1-9(3-138-47(128,129)39(108,109)31(92,93)23(76,77)15(60,61)11(52,53)19(68,69)27(84,85)35(100,101)43(116,117)118,4-139-48(130,131)40(110,111)32(94,95)24(78,79)16(62,63)12(54,55)20(70,71)28(86,87)36(102,103)44(119,120)121)7(136)8-10(2-137-8,5-140-49(132,133)41(112,113)33(96,97)25(80,81)17(64,65)13(56,57)21(72,73)29(88,89)37(104,105)45(122,123)124)6-141-50(134,135)42(114,115)34(98,99)26(82,83)18(66,67)14(58,59)22(74,75)30(90,91)38(106,107)46(125,126)127/h7-8,136H,1-6H2. The van der Waals surface area contributed by atoms with Gasteiger partial charge in [0.25, 0.3) is 0 Å². The molecule has 1 N–H and O–H groups in total. The van der Waals surface area contributed by atoms with E-state index in [0.717, 1.165) is 0 Å². The molecule has 2 unspecified atom stereocenters. The highest BCUT2D eigenvalue weighted by molar-refractivity contribution is 8.01. The van der Waals surface area contributed by atoms with Gasteiger partial charge in [0.2, 0.25) is 0 Å². The van der Waals surface area contributed by atoms with Gasteiger partial charge in [-0.15, -0.1) is 11.6 Å². The van der Waals surface area contributed by atoms with E-state index in [1.54, 1.807) is 0 Å². The summed E-state index contributed by atoms with van der Waals surface area (Å²) in [5.74, 6) is -349. The van der Waals surface area contributed by atoms with E-state index in [4.69, 9.17) is 11.6 Å². The molecule has 1 heterocycles. The Bertz CT molecular complexity index is 4080. The Morgan fingerprint density at radius 3 is 0.411 bits per heavy atom. The zero-order valence-electron chi connectivity index (χ0n) is 61.0. The molecule has 1 fully saturated rings. The molecule has 0 aliphatic carbocycles. The molecular weight excluding hydrogens is 2390 g/mol. The van der Waals surface area contributed by atoms with Crippen molar-refractivity contribution in [3.05, 3.63) is 0 Å². The van der Waals surface area contributed by atoms with Crippen molar-refractivity contribution >= 4 is 58.6 Å². The van der Waals surface area contributed by atoms with E-state index in [0.29, 0.717) is 0 Å². The Labute approximate surface area is 730 Å². The third-order valence-electron chi connectivity index (χ3n) is 18.4. The van der Waals surface area contributed by atoms with E-state index in [1.807, 2.05) is 0 Å². The summed E-state index contributed by atoms with van der Waals surface area (Å²) in [6.07, 6.45) is -47.1. The molecule has 0 saturated carbocycles. The van der Waals surface area contributed by atoms with E-state index >= 15 is 105 Å². The number of halogens is 85. The predicted octanol–water partition coefficient (Wildman–Crippen LogP) is 29.8. The van der Waals surface area contributed by atoms with Crippen molar-refractivity contribution in [2.24, 2.45) is 10.8 Å². The fourth-order valence-corrected chi connectivity index (χ4v) is 14.7. The van der Waals surface area contributed by atoms with Crippen LogP contribution in [0, 0.1) is 10.8 Å². The maximum Gasteiger partial charge on any atom is 0.460 e. The molecule has 0 bridgehead atoms. The molecule has 0 radical (unpaired) electrons. The van der Waals surface area contributed by atoms with Crippen LogP contribution in [-0.4, -0.2) is 288 Å². The summed E-state index contributed by atoms with van der Waals surface area (Å²) in [7, 11) is 0. The first-order chi connectivity index (χ1) is 59.6. The van der Waals surface area contributed by atoms with Crippen LogP contribution < -0.4 is 0 Å². The smallest absolute Gasteiger partial charge is 0.390 e. The van der Waals surface area contributed by atoms with E-state index in [2.05, 4.69) is 4.74 Å². The Morgan fingerprint density at radius 1 is 0.191 bits per heavy atom. The molecule has 0 aromatic carbocycles. The second-order valence-electron chi connectivity index (χ2n) is 27.6. The fraction of sp³-hybridized carbons (Fsp3) is 1.00. The number of hydrogen-bond acceptors (Lipinski definition) is 6. The summed E-state index contributed by atoms with van der Waals surface area (Å²) < 4.78 is 1210. The van der Waals surface area contributed by atoms with Crippen LogP contribution in [0.4, 0.5) is 369 Å². The van der Waals surface area contributed by atoms with Crippen LogP contribution in [0.25, 0.3) is 0 Å². The van der Waals surface area contributed by atoms with Crippen molar-refractivity contribution in [3.8, 4) is 0 Å². The van der Waals surface area contributed by atoms with Crippen LogP contribution in [0.15, 0.2) is 0 Å². The van der Waals surface area contributed by atoms with Crippen LogP contribution in [0.5, 0.6) is 0 Å². The van der Waals surface area contributed by atoms with Crippen molar-refractivity contribution < 1.29 is 379 Å². The highest BCUT2D eigenvalue weighted by Crippen LogP contribution is 2.76. The summed E-state index contributed by atoms with van der Waals surface area (Å²) in [6, 6.07) is 0. The number of alkyl halides is 85. The molecule has 141 heavy (non-hydrogen) atoms. The van der Waals surface area contributed by atoms with Crippen molar-refractivity contribution in [1.29, 1.82) is 0 Å². The van der Waals surface area contributed by atoms with Gasteiger partial charge in [-0.05, 0) is 0 Å². The van der Waals surface area contributed by atoms with Gasteiger partial charge >= 0.3 is 235 Å². The number of thioether (sulfide) groups is 4. The minimum Gasteiger partial charge on any atom is -0.390 e. The lowest BCUT2D eigenvalue weighted by atomic mass is 9.71. The normalized spacial score (nSPS) is 18.7. The number of hydrogen-bond donors (Lipinski definition) is 1. The maximum atomic E-state index is 15.7. The first-order valence-electron chi connectivity index (χ1n) is 30.9. The number of ether oxygens (including phenoxy) is 1. The van der Waals surface area contributed by atoms with Gasteiger partial charge in [0.1, 0.15) is 0 Å². The SMILES string of the molecule is OC(C1OCC1(CSC(F)(F)C(F)(F)C(F)(F)C(F)(F)C(F)(F)C(F)(F)C(F)(F)C(F)(F)C(F)(F)C(F)(F)F)CSC(F)(F)C(F)(F)C(F)(F)C(F)(F)C(F)(F)C(F)(F)C(F)(F)C(F)(F)C(F)(F)C(F)(F)F)C(CCl)(CSC(F)(F)C(F)(F)C(F)(F)C(F)(F)C(F)(F)C(F)(F)C(F)(F)C(F)(F)C(F)(F)C(F)(F)F)CSC(F)(F)C(F)(F)C(F)(F)C(F)(F)C(F)(F)C(F)(F)C(F)(F)C(F)(F)C(F)(F)C(F)(F)F. The van der Waals surface area contributed by atoms with E-state index < -0.39 is 341 Å². The van der Waals surface area contributed by atoms with Crippen molar-refractivity contribution in [1.82, 2.24) is 0 Å². The van der Waals surface area contributed by atoms with E-state index in [9.17, 15) is 269 Å². The maximum absolute atomic E-state index is 15.7. The second-order valence-corrected chi connectivity index (χ2v) is 32.3. The Morgan fingerprint density at radius 2 is 0.305 bits per heavy atom. The van der Waals surface area contributed by atoms with E-state index in [1.165, 1.54) is 0 Å². The minimum atomic E-state index is -10.6. The van der Waals surface area contributed by atoms with Gasteiger partial charge in [0, 0.05) is 39.7 Å². The van der Waals surface area contributed by atoms with E-state index in [-0.39, 0.29) is 0 Å². The number of aliphatic hydroxyl groups excluding tert-OH is 1. The lowest BCUT2D eigenvalue weighted by molar-refractivity contribution is -0.472. The molecule has 1 rings (SSSR count). The van der Waals surface area contributed by atoms with Gasteiger partial charge in [-0.2, -0.15) is 369 Å². The monoisotopic (exact) mass is 2410 g/mol. The Kier molecular flexibility index (Phi) is 33.6. The molecule has 0 aromatic heterocycles. The topological polar surface area (TPSA) is 29.5 Å². The molecule has 0 aromatic rings. The van der Waals surface area contributed by atoms with Gasteiger partial charge < -0.3 is 9.84 Å². The molecule has 1 aliphatic rings. The van der Waals surface area contributed by atoms with Gasteiger partial charge in [-0.25, -0.2) is 0 Å². The van der Waals surface area contributed by atoms with Crippen molar-refractivity contribution in [3.63, 3.8) is 0 Å². The van der Waals surface area contributed by atoms with Gasteiger partial charge in [0.15, 0.2) is 0 Å². The second kappa shape index (κ2) is 35.2. The molecule has 1 aliphatic heterocycles. The highest BCUT2D eigenvalue weighted by atomic mass is 35.5. The molecular formula is C50H15ClF84O2S4. The molecule has 2 atom stereocenters. The largest absolute Gasteiger partial charge is 0.460 e. The first kappa shape index (κ1) is 135. The van der Waals surface area contributed by atoms with Gasteiger partial charge in [0.05, 0.1) is 18.8 Å². The molecule has 0 amide bonds. The van der Waals surface area contributed by atoms with Crippen LogP contribution in [-0.2, 0) is 4.74 Å². The van der Waals surface area contributed by atoms with Gasteiger partial charge in [-0.3, -0.25) is 0 Å². The third-order valence-corrected chi connectivity index (χ3v) is 24.3. The molecule has 846 valence electrons. The minimum absolute atomic E-state index is 3.55. The molecule has 2 nitrogen and oxygen atoms in total. The first-order valence-corrected chi connectivity index (χ1v) is 35.4. The number of rotatable bonds is 47. The summed E-state index contributed by atoms with van der Waals surface area (Å²) in [6.45, 7) is -3.86.